The summed E-state index contributed by atoms with van der Waals surface area (Å²) >= 11 is 5.95. The molecule has 0 atom stereocenters. The number of fused-ring (bicyclic) bond motifs is 1. The van der Waals surface area contributed by atoms with Gasteiger partial charge in [0.15, 0.2) is 11.4 Å². The number of hydrogen-bond acceptors (Lipinski definition) is 2. The average Bonchev–Trinajstić information content (AvgIpc) is 2.46. The fourth-order valence-corrected chi connectivity index (χ4v) is 1.69. The summed E-state index contributed by atoms with van der Waals surface area (Å²) in [5, 5.41) is 0.558. The second kappa shape index (κ2) is 3.10. The van der Waals surface area contributed by atoms with E-state index < -0.39 is 0 Å². The number of imidazole rings is 1. The molecule has 0 saturated heterocycles. The van der Waals surface area contributed by atoms with Crippen LogP contribution in [0.2, 0.25) is 5.02 Å². The molecule has 0 aliphatic carbocycles. The fraction of sp³-hybridized carbons (Fsp3) is 0.200. The number of carbonyl (C=O) groups excluding carboxylic acids is 1. The molecule has 4 heteroatoms. The first-order chi connectivity index (χ1) is 6.61. The van der Waals surface area contributed by atoms with Gasteiger partial charge in [0.1, 0.15) is 5.69 Å². The molecule has 0 radical (unpaired) electrons. The molecule has 0 N–H and O–H groups in total. The molecule has 2 rings (SSSR count). The van der Waals surface area contributed by atoms with Crippen LogP contribution in [0.25, 0.3) is 5.65 Å². The van der Waals surface area contributed by atoms with Crippen molar-refractivity contribution < 1.29 is 4.79 Å². The molecule has 14 heavy (non-hydrogen) atoms. The lowest BCUT2D eigenvalue weighted by molar-refractivity contribution is 0.101. The summed E-state index contributed by atoms with van der Waals surface area (Å²) < 4.78 is 1.82. The Hall–Kier alpha value is -1.35. The molecule has 0 amide bonds. The Bertz CT molecular complexity index is 516. The van der Waals surface area contributed by atoms with Gasteiger partial charge in [-0.1, -0.05) is 11.6 Å². The standard InChI is InChI=1S/C10H9ClN2O/c1-6-9(7(2)14)12-10-8(11)4-3-5-13(6)10/h3-5H,1-2H3. The van der Waals surface area contributed by atoms with E-state index in [0.29, 0.717) is 16.4 Å². The highest BCUT2D eigenvalue weighted by Gasteiger charge is 2.13. The van der Waals surface area contributed by atoms with E-state index in [4.69, 9.17) is 11.6 Å². The van der Waals surface area contributed by atoms with Gasteiger partial charge in [0.2, 0.25) is 0 Å². The number of nitrogens with zero attached hydrogens (tertiary/aromatic N) is 2. The number of rotatable bonds is 1. The molecule has 0 spiro atoms. The Morgan fingerprint density at radius 2 is 2.29 bits per heavy atom. The maximum absolute atomic E-state index is 11.2. The summed E-state index contributed by atoms with van der Waals surface area (Å²) in [6.07, 6.45) is 1.84. The molecule has 0 unspecified atom stereocenters. The molecule has 0 aromatic carbocycles. The normalized spacial score (nSPS) is 10.8. The lowest BCUT2D eigenvalue weighted by Crippen LogP contribution is -1.95. The van der Waals surface area contributed by atoms with Crippen molar-refractivity contribution in [1.82, 2.24) is 9.38 Å². The number of aromatic nitrogens is 2. The molecule has 0 bridgehead atoms. The smallest absolute Gasteiger partial charge is 0.179 e. The van der Waals surface area contributed by atoms with Gasteiger partial charge in [-0.3, -0.25) is 4.79 Å². The Morgan fingerprint density at radius 1 is 1.57 bits per heavy atom. The first kappa shape index (κ1) is 9.21. The zero-order valence-corrected chi connectivity index (χ0v) is 8.67. The first-order valence-corrected chi connectivity index (χ1v) is 4.63. The largest absolute Gasteiger partial charge is 0.302 e. The highest BCUT2D eigenvalue weighted by Crippen LogP contribution is 2.19. The van der Waals surface area contributed by atoms with E-state index >= 15 is 0 Å². The third-order valence-corrected chi connectivity index (χ3v) is 2.47. The van der Waals surface area contributed by atoms with Crippen molar-refractivity contribution in [3.63, 3.8) is 0 Å². The Morgan fingerprint density at radius 3 is 2.86 bits per heavy atom. The van der Waals surface area contributed by atoms with Gasteiger partial charge in [-0.05, 0) is 19.1 Å². The predicted molar refractivity (Wildman–Crippen MR) is 54.9 cm³/mol. The number of halogens is 1. The van der Waals surface area contributed by atoms with E-state index in [1.54, 1.807) is 6.07 Å². The van der Waals surface area contributed by atoms with Crippen molar-refractivity contribution in [2.45, 2.75) is 13.8 Å². The highest BCUT2D eigenvalue weighted by molar-refractivity contribution is 6.33. The zero-order valence-electron chi connectivity index (χ0n) is 7.91. The van der Waals surface area contributed by atoms with E-state index in [0.717, 1.165) is 5.69 Å². The molecule has 2 heterocycles. The van der Waals surface area contributed by atoms with Crippen LogP contribution in [0.3, 0.4) is 0 Å². The molecular weight excluding hydrogens is 200 g/mol. The minimum atomic E-state index is -0.0396. The van der Waals surface area contributed by atoms with Crippen LogP contribution in [0.5, 0.6) is 0 Å². The van der Waals surface area contributed by atoms with Gasteiger partial charge in [0.05, 0.1) is 10.7 Å². The molecule has 3 nitrogen and oxygen atoms in total. The second-order valence-corrected chi connectivity index (χ2v) is 3.56. The van der Waals surface area contributed by atoms with Gasteiger partial charge >= 0.3 is 0 Å². The van der Waals surface area contributed by atoms with Gasteiger partial charge in [0.25, 0.3) is 0 Å². The third kappa shape index (κ3) is 1.21. The second-order valence-electron chi connectivity index (χ2n) is 3.15. The summed E-state index contributed by atoms with van der Waals surface area (Å²) in [6.45, 7) is 3.36. The van der Waals surface area contributed by atoms with Crippen LogP contribution >= 0.6 is 11.6 Å². The molecule has 2 aromatic rings. The molecular formula is C10H9ClN2O. The number of carbonyl (C=O) groups is 1. The van der Waals surface area contributed by atoms with Gasteiger partial charge in [-0.2, -0.15) is 0 Å². The van der Waals surface area contributed by atoms with Crippen LogP contribution in [-0.4, -0.2) is 15.2 Å². The fourth-order valence-electron chi connectivity index (χ4n) is 1.49. The number of Topliss-reactive ketones (excluding diaryl/α,β-unsaturated/α-hetero) is 1. The van der Waals surface area contributed by atoms with Crippen molar-refractivity contribution in [3.8, 4) is 0 Å². The summed E-state index contributed by atoms with van der Waals surface area (Å²) in [5.41, 5.74) is 1.95. The van der Waals surface area contributed by atoms with E-state index in [1.807, 2.05) is 23.6 Å². The summed E-state index contributed by atoms with van der Waals surface area (Å²) in [6, 6.07) is 3.58. The Kier molecular flexibility index (Phi) is 2.04. The first-order valence-electron chi connectivity index (χ1n) is 4.25. The van der Waals surface area contributed by atoms with E-state index in [1.165, 1.54) is 6.92 Å². The average molecular weight is 209 g/mol. The SMILES string of the molecule is CC(=O)c1nc2c(Cl)cccn2c1C. The van der Waals surface area contributed by atoms with Crippen LogP contribution in [0, 0.1) is 6.92 Å². The van der Waals surface area contributed by atoms with Crippen molar-refractivity contribution in [1.29, 1.82) is 0 Å². The van der Waals surface area contributed by atoms with E-state index in [-0.39, 0.29) is 5.78 Å². The highest BCUT2D eigenvalue weighted by atomic mass is 35.5. The van der Waals surface area contributed by atoms with Crippen LogP contribution in [0.1, 0.15) is 23.1 Å². The summed E-state index contributed by atoms with van der Waals surface area (Å²) in [7, 11) is 0. The number of aryl methyl sites for hydroxylation is 1. The predicted octanol–water partition coefficient (Wildman–Crippen LogP) is 2.50. The topological polar surface area (TPSA) is 34.4 Å². The Balaban J connectivity index is 2.86. The van der Waals surface area contributed by atoms with Crippen molar-refractivity contribution >= 4 is 23.0 Å². The quantitative estimate of drug-likeness (QED) is 0.675. The van der Waals surface area contributed by atoms with Crippen molar-refractivity contribution in [2.24, 2.45) is 0 Å². The van der Waals surface area contributed by atoms with Gasteiger partial charge in [-0.15, -0.1) is 0 Å². The van der Waals surface area contributed by atoms with Gasteiger partial charge < -0.3 is 4.40 Å². The lowest BCUT2D eigenvalue weighted by Gasteiger charge is -1.96. The third-order valence-electron chi connectivity index (χ3n) is 2.17. The molecule has 0 fully saturated rings. The van der Waals surface area contributed by atoms with E-state index in [9.17, 15) is 4.79 Å². The number of ketones is 1. The van der Waals surface area contributed by atoms with Crippen molar-refractivity contribution in [2.75, 3.05) is 0 Å². The summed E-state index contributed by atoms with van der Waals surface area (Å²) in [5.74, 6) is -0.0396. The molecule has 72 valence electrons. The lowest BCUT2D eigenvalue weighted by atomic mass is 10.3. The van der Waals surface area contributed by atoms with Crippen LogP contribution in [-0.2, 0) is 0 Å². The molecule has 0 aliphatic heterocycles. The van der Waals surface area contributed by atoms with Gasteiger partial charge in [0, 0.05) is 13.1 Å². The van der Waals surface area contributed by atoms with Crippen LogP contribution in [0.15, 0.2) is 18.3 Å². The summed E-state index contributed by atoms with van der Waals surface area (Å²) in [4.78, 5) is 15.4. The zero-order chi connectivity index (χ0) is 10.3. The van der Waals surface area contributed by atoms with Crippen LogP contribution in [0.4, 0.5) is 0 Å². The molecule has 0 aliphatic rings. The van der Waals surface area contributed by atoms with Gasteiger partial charge in [-0.25, -0.2) is 4.98 Å². The monoisotopic (exact) mass is 208 g/mol. The minimum Gasteiger partial charge on any atom is -0.302 e. The maximum Gasteiger partial charge on any atom is 0.179 e. The van der Waals surface area contributed by atoms with Crippen molar-refractivity contribution in [3.05, 3.63) is 34.7 Å². The number of pyridine rings is 1. The maximum atomic E-state index is 11.2. The molecule has 2 aromatic heterocycles. The van der Waals surface area contributed by atoms with Crippen LogP contribution < -0.4 is 0 Å². The number of hydrogen-bond donors (Lipinski definition) is 0. The molecule has 0 saturated carbocycles. The van der Waals surface area contributed by atoms with E-state index in [2.05, 4.69) is 4.98 Å². The minimum absolute atomic E-state index is 0.0396. The Labute approximate surface area is 86.3 Å².